The summed E-state index contributed by atoms with van der Waals surface area (Å²) in [6.07, 6.45) is 2.30. The average Bonchev–Trinajstić information content (AvgIpc) is 2.99. The Labute approximate surface area is 125 Å². The number of methoxy groups -OCH3 is 1. The van der Waals surface area contributed by atoms with Crippen molar-refractivity contribution < 1.29 is 19.0 Å². The number of carbonyl (C=O) groups is 1. The molecule has 2 atom stereocenters. The van der Waals surface area contributed by atoms with E-state index in [-0.39, 0.29) is 18.1 Å². The van der Waals surface area contributed by atoms with Crippen molar-refractivity contribution in [3.63, 3.8) is 0 Å². The summed E-state index contributed by atoms with van der Waals surface area (Å²) in [7, 11) is 1.61. The van der Waals surface area contributed by atoms with E-state index in [1.165, 1.54) is 0 Å². The molecule has 2 unspecified atom stereocenters. The fourth-order valence-electron chi connectivity index (χ4n) is 2.29. The predicted octanol–water partition coefficient (Wildman–Crippen LogP) is 2.01. The fraction of sp³-hybridized carbons (Fsp3) is 0.562. The average molecular weight is 293 g/mol. The van der Waals surface area contributed by atoms with Crippen LogP contribution in [-0.4, -0.2) is 45.0 Å². The Kier molecular flexibility index (Phi) is 6.02. The Morgan fingerprint density at radius 1 is 1.52 bits per heavy atom. The zero-order chi connectivity index (χ0) is 15.1. The minimum absolute atomic E-state index is 0.0287. The van der Waals surface area contributed by atoms with Crippen molar-refractivity contribution in [2.45, 2.75) is 31.9 Å². The largest absolute Gasteiger partial charge is 0.491 e. The molecule has 0 saturated carbocycles. The molecule has 0 radical (unpaired) electrons. The molecule has 1 aromatic carbocycles. The number of hydrogen-bond acceptors (Lipinski definition) is 4. The van der Waals surface area contributed by atoms with Gasteiger partial charge in [-0.05, 0) is 38.0 Å². The van der Waals surface area contributed by atoms with Crippen LogP contribution in [0.3, 0.4) is 0 Å². The zero-order valence-corrected chi connectivity index (χ0v) is 12.6. The van der Waals surface area contributed by atoms with Gasteiger partial charge in [-0.15, -0.1) is 0 Å². The van der Waals surface area contributed by atoms with Gasteiger partial charge in [0.05, 0.1) is 12.7 Å². The lowest BCUT2D eigenvalue weighted by Gasteiger charge is -2.14. The van der Waals surface area contributed by atoms with Crippen molar-refractivity contribution >= 4 is 5.91 Å². The number of hydrogen-bond donors (Lipinski definition) is 1. The van der Waals surface area contributed by atoms with Gasteiger partial charge in [-0.25, -0.2) is 0 Å². The molecule has 2 rings (SSSR count). The lowest BCUT2D eigenvalue weighted by molar-refractivity contribution is 0.0679. The van der Waals surface area contributed by atoms with Gasteiger partial charge in [-0.3, -0.25) is 4.79 Å². The summed E-state index contributed by atoms with van der Waals surface area (Å²) in [5.41, 5.74) is 0.586. The maximum atomic E-state index is 12.1. The Bertz CT molecular complexity index is 457. The highest BCUT2D eigenvalue weighted by Crippen LogP contribution is 2.17. The van der Waals surface area contributed by atoms with Crippen LogP contribution in [0, 0.1) is 0 Å². The first-order valence-electron chi connectivity index (χ1n) is 7.33. The number of rotatable bonds is 7. The van der Waals surface area contributed by atoms with Gasteiger partial charge in [0.2, 0.25) is 0 Å². The number of ether oxygens (including phenoxy) is 3. The zero-order valence-electron chi connectivity index (χ0n) is 12.6. The van der Waals surface area contributed by atoms with E-state index in [1.54, 1.807) is 19.2 Å². The van der Waals surface area contributed by atoms with Crippen LogP contribution < -0.4 is 10.1 Å². The maximum Gasteiger partial charge on any atom is 0.251 e. The van der Waals surface area contributed by atoms with Crippen molar-refractivity contribution in [1.82, 2.24) is 5.32 Å². The monoisotopic (exact) mass is 293 g/mol. The van der Waals surface area contributed by atoms with Crippen molar-refractivity contribution in [2.75, 3.05) is 26.9 Å². The summed E-state index contributed by atoms with van der Waals surface area (Å²) < 4.78 is 16.2. The van der Waals surface area contributed by atoms with Crippen LogP contribution in [0.1, 0.15) is 30.1 Å². The summed E-state index contributed by atoms with van der Waals surface area (Å²) in [4.78, 5) is 12.1. The van der Waals surface area contributed by atoms with Crippen LogP contribution in [-0.2, 0) is 9.47 Å². The van der Waals surface area contributed by atoms with Crippen LogP contribution in [0.2, 0.25) is 0 Å². The van der Waals surface area contributed by atoms with E-state index < -0.39 is 0 Å². The molecule has 1 saturated heterocycles. The highest BCUT2D eigenvalue weighted by atomic mass is 16.5. The first-order valence-corrected chi connectivity index (χ1v) is 7.33. The number of carbonyl (C=O) groups excluding carboxylic acids is 1. The van der Waals surface area contributed by atoms with E-state index in [1.807, 2.05) is 19.1 Å². The molecule has 0 bridgehead atoms. The lowest BCUT2D eigenvalue weighted by atomic mass is 10.2. The van der Waals surface area contributed by atoms with Gasteiger partial charge < -0.3 is 19.5 Å². The molecular weight excluding hydrogens is 270 g/mol. The molecule has 0 spiro atoms. The molecule has 1 N–H and O–H groups in total. The Balaban J connectivity index is 1.88. The molecule has 1 fully saturated rings. The molecule has 1 aromatic rings. The minimum atomic E-state index is -0.123. The van der Waals surface area contributed by atoms with Gasteiger partial charge in [0.15, 0.2) is 0 Å². The molecule has 1 heterocycles. The smallest absolute Gasteiger partial charge is 0.251 e. The number of benzene rings is 1. The minimum Gasteiger partial charge on any atom is -0.491 e. The Hall–Kier alpha value is -1.59. The van der Waals surface area contributed by atoms with Crippen LogP contribution in [0.5, 0.6) is 5.75 Å². The summed E-state index contributed by atoms with van der Waals surface area (Å²) in [6.45, 7) is 3.74. The summed E-state index contributed by atoms with van der Waals surface area (Å²) in [5, 5.41) is 2.88. The van der Waals surface area contributed by atoms with Crippen molar-refractivity contribution in [3.05, 3.63) is 29.8 Å². The van der Waals surface area contributed by atoms with Crippen LogP contribution >= 0.6 is 0 Å². The first kappa shape index (κ1) is 15.8. The van der Waals surface area contributed by atoms with Gasteiger partial charge in [-0.2, -0.15) is 0 Å². The van der Waals surface area contributed by atoms with Gasteiger partial charge in [0.1, 0.15) is 12.4 Å². The number of nitrogens with one attached hydrogen (secondary N) is 1. The van der Waals surface area contributed by atoms with Crippen LogP contribution in [0.4, 0.5) is 0 Å². The lowest BCUT2D eigenvalue weighted by Crippen LogP contribution is -2.35. The molecule has 1 aliphatic rings. The standard InChI is InChI=1S/C16H23NO4/c1-12(10-19-2)17-16(18)13-5-3-6-14(9-13)21-11-15-7-4-8-20-15/h3,5-6,9,12,15H,4,7-8,10-11H2,1-2H3,(H,17,18). The van der Waals surface area contributed by atoms with Gasteiger partial charge in [0, 0.05) is 25.3 Å². The SMILES string of the molecule is COCC(C)NC(=O)c1cccc(OCC2CCCO2)c1. The Morgan fingerprint density at radius 3 is 3.10 bits per heavy atom. The van der Waals surface area contributed by atoms with Crippen LogP contribution in [0.15, 0.2) is 24.3 Å². The molecule has 1 aliphatic heterocycles. The third-order valence-electron chi connectivity index (χ3n) is 3.35. The van der Waals surface area contributed by atoms with E-state index in [2.05, 4.69) is 5.32 Å². The molecule has 0 aliphatic carbocycles. The fourth-order valence-corrected chi connectivity index (χ4v) is 2.29. The second-order valence-electron chi connectivity index (χ2n) is 5.30. The van der Waals surface area contributed by atoms with Gasteiger partial charge >= 0.3 is 0 Å². The first-order chi connectivity index (χ1) is 10.2. The van der Waals surface area contributed by atoms with Gasteiger partial charge in [0.25, 0.3) is 5.91 Å². The highest BCUT2D eigenvalue weighted by Gasteiger charge is 2.16. The van der Waals surface area contributed by atoms with Crippen molar-refractivity contribution in [2.24, 2.45) is 0 Å². The molecule has 5 nitrogen and oxygen atoms in total. The highest BCUT2D eigenvalue weighted by molar-refractivity contribution is 5.94. The Morgan fingerprint density at radius 2 is 2.38 bits per heavy atom. The van der Waals surface area contributed by atoms with E-state index in [4.69, 9.17) is 14.2 Å². The van der Waals surface area contributed by atoms with E-state index in [9.17, 15) is 4.79 Å². The molecular formula is C16H23NO4. The molecule has 1 amide bonds. The summed E-state index contributed by atoms with van der Waals surface area (Å²) in [6, 6.07) is 7.17. The van der Waals surface area contributed by atoms with Gasteiger partial charge in [-0.1, -0.05) is 6.07 Å². The van der Waals surface area contributed by atoms with E-state index >= 15 is 0 Å². The maximum absolute atomic E-state index is 12.1. The second-order valence-corrected chi connectivity index (χ2v) is 5.30. The second kappa shape index (κ2) is 8.00. The third-order valence-corrected chi connectivity index (χ3v) is 3.35. The molecule has 5 heteroatoms. The van der Waals surface area contributed by atoms with Crippen LogP contribution in [0.25, 0.3) is 0 Å². The van der Waals surface area contributed by atoms with E-state index in [0.717, 1.165) is 19.4 Å². The van der Waals surface area contributed by atoms with Crippen molar-refractivity contribution in [3.8, 4) is 5.75 Å². The quantitative estimate of drug-likeness (QED) is 0.835. The normalized spacial score (nSPS) is 19.2. The third kappa shape index (κ3) is 5.02. The molecule has 21 heavy (non-hydrogen) atoms. The van der Waals surface area contributed by atoms with Crippen molar-refractivity contribution in [1.29, 1.82) is 0 Å². The van der Waals surface area contributed by atoms with E-state index in [0.29, 0.717) is 24.5 Å². The summed E-state index contributed by atoms with van der Waals surface area (Å²) >= 11 is 0. The topological polar surface area (TPSA) is 56.8 Å². The summed E-state index contributed by atoms with van der Waals surface area (Å²) in [5.74, 6) is 0.569. The molecule has 0 aromatic heterocycles. The molecule has 116 valence electrons. The predicted molar refractivity (Wildman–Crippen MR) is 79.7 cm³/mol. The number of amides is 1.